The lowest BCUT2D eigenvalue weighted by Gasteiger charge is -2.29. The fourth-order valence-corrected chi connectivity index (χ4v) is 2.22. The molecule has 1 heterocycles. The predicted octanol–water partition coefficient (Wildman–Crippen LogP) is 2.10. The zero-order chi connectivity index (χ0) is 13.0. The first-order valence-electron chi connectivity index (χ1n) is 6.31. The van der Waals surface area contributed by atoms with Crippen molar-refractivity contribution < 1.29 is 14.6 Å². The Balaban J connectivity index is 2.02. The van der Waals surface area contributed by atoms with Crippen molar-refractivity contribution >= 4 is 11.7 Å². The van der Waals surface area contributed by atoms with Crippen LogP contribution in [-0.4, -0.2) is 37.4 Å². The first-order valence-corrected chi connectivity index (χ1v) is 6.31. The Kier molecular flexibility index (Phi) is 4.20. The summed E-state index contributed by atoms with van der Waals surface area (Å²) >= 11 is 0. The third-order valence-electron chi connectivity index (χ3n) is 3.32. The van der Waals surface area contributed by atoms with Gasteiger partial charge in [0.15, 0.2) is 0 Å². The van der Waals surface area contributed by atoms with E-state index in [1.165, 1.54) is 5.69 Å². The summed E-state index contributed by atoms with van der Waals surface area (Å²) in [5, 5.41) is 8.78. The highest BCUT2D eigenvalue weighted by Crippen LogP contribution is 2.23. The first-order chi connectivity index (χ1) is 8.66. The summed E-state index contributed by atoms with van der Waals surface area (Å²) in [5.41, 5.74) is 2.26. The molecule has 2 rings (SSSR count). The van der Waals surface area contributed by atoms with Crippen LogP contribution in [0.5, 0.6) is 0 Å². The number of aliphatic carboxylic acids is 1. The van der Waals surface area contributed by atoms with E-state index in [-0.39, 0.29) is 12.3 Å². The molecule has 1 atom stereocenters. The molecule has 1 N–H and O–H groups in total. The van der Waals surface area contributed by atoms with Crippen LogP contribution in [0.1, 0.15) is 24.8 Å². The molecular formula is C14H19NO3. The lowest BCUT2D eigenvalue weighted by Crippen LogP contribution is -2.36. The molecular weight excluding hydrogens is 230 g/mol. The number of carboxylic acids is 1. The van der Waals surface area contributed by atoms with Gasteiger partial charge in [-0.25, -0.2) is 0 Å². The van der Waals surface area contributed by atoms with Crippen LogP contribution in [-0.2, 0) is 9.53 Å². The van der Waals surface area contributed by atoms with Gasteiger partial charge in [-0.05, 0) is 23.6 Å². The van der Waals surface area contributed by atoms with Crippen LogP contribution in [0.15, 0.2) is 24.3 Å². The Hall–Kier alpha value is -1.55. The molecule has 0 saturated carbocycles. The van der Waals surface area contributed by atoms with Gasteiger partial charge in [0, 0.05) is 18.8 Å². The molecule has 18 heavy (non-hydrogen) atoms. The normalized spacial score (nSPS) is 17.5. The number of anilines is 1. The van der Waals surface area contributed by atoms with Crippen molar-refractivity contribution in [1.29, 1.82) is 0 Å². The number of hydrogen-bond donors (Lipinski definition) is 1. The van der Waals surface area contributed by atoms with Crippen LogP contribution in [0.4, 0.5) is 5.69 Å². The summed E-state index contributed by atoms with van der Waals surface area (Å²) in [6.45, 7) is 5.33. The number of rotatable bonds is 4. The zero-order valence-electron chi connectivity index (χ0n) is 10.6. The van der Waals surface area contributed by atoms with Crippen molar-refractivity contribution in [2.24, 2.45) is 0 Å². The van der Waals surface area contributed by atoms with E-state index in [2.05, 4.69) is 17.0 Å². The van der Waals surface area contributed by atoms with E-state index >= 15 is 0 Å². The van der Waals surface area contributed by atoms with Crippen LogP contribution >= 0.6 is 0 Å². The molecule has 1 aliphatic rings. The fourth-order valence-electron chi connectivity index (χ4n) is 2.22. The Bertz CT molecular complexity index is 396. The average Bonchev–Trinajstić information content (AvgIpc) is 2.39. The van der Waals surface area contributed by atoms with E-state index in [1.807, 2.05) is 19.1 Å². The summed E-state index contributed by atoms with van der Waals surface area (Å²) < 4.78 is 5.32. The molecule has 0 spiro atoms. The molecule has 1 fully saturated rings. The number of morpholine rings is 1. The lowest BCUT2D eigenvalue weighted by molar-refractivity contribution is -0.137. The molecule has 0 bridgehead atoms. The summed E-state index contributed by atoms with van der Waals surface area (Å²) in [7, 11) is 0. The van der Waals surface area contributed by atoms with Crippen molar-refractivity contribution in [2.45, 2.75) is 19.3 Å². The minimum atomic E-state index is -0.750. The van der Waals surface area contributed by atoms with Crippen LogP contribution in [0, 0.1) is 0 Å². The minimum absolute atomic E-state index is 0.0567. The summed E-state index contributed by atoms with van der Waals surface area (Å²) in [6, 6.07) is 8.19. The van der Waals surface area contributed by atoms with E-state index in [1.54, 1.807) is 0 Å². The Morgan fingerprint density at radius 1 is 1.33 bits per heavy atom. The molecule has 0 radical (unpaired) electrons. The molecule has 4 nitrogen and oxygen atoms in total. The summed E-state index contributed by atoms with van der Waals surface area (Å²) in [5.74, 6) is -0.694. The third-order valence-corrected chi connectivity index (χ3v) is 3.32. The third kappa shape index (κ3) is 3.23. The second-order valence-electron chi connectivity index (χ2n) is 4.69. The molecule has 1 aromatic carbocycles. The monoisotopic (exact) mass is 249 g/mol. The second kappa shape index (κ2) is 5.87. The number of carbonyl (C=O) groups is 1. The molecule has 4 heteroatoms. The Labute approximate surface area is 107 Å². The van der Waals surface area contributed by atoms with Crippen molar-refractivity contribution in [3.8, 4) is 0 Å². The van der Waals surface area contributed by atoms with E-state index < -0.39 is 5.97 Å². The van der Waals surface area contributed by atoms with E-state index in [4.69, 9.17) is 9.84 Å². The number of ether oxygens (including phenoxy) is 1. The summed E-state index contributed by atoms with van der Waals surface area (Å²) in [6.07, 6.45) is 0.177. The van der Waals surface area contributed by atoms with Gasteiger partial charge in [-0.3, -0.25) is 4.79 Å². The van der Waals surface area contributed by atoms with Crippen molar-refractivity contribution in [1.82, 2.24) is 0 Å². The maximum atomic E-state index is 10.7. The van der Waals surface area contributed by atoms with Gasteiger partial charge in [-0.1, -0.05) is 19.1 Å². The van der Waals surface area contributed by atoms with Crippen LogP contribution < -0.4 is 4.90 Å². The number of hydrogen-bond acceptors (Lipinski definition) is 3. The fraction of sp³-hybridized carbons (Fsp3) is 0.500. The SMILES string of the molecule is CC(CC(=O)O)c1ccc(N2CCOCC2)cc1. The maximum Gasteiger partial charge on any atom is 0.303 e. The minimum Gasteiger partial charge on any atom is -0.481 e. The molecule has 98 valence electrons. The van der Waals surface area contributed by atoms with Crippen LogP contribution in [0.2, 0.25) is 0 Å². The van der Waals surface area contributed by atoms with Gasteiger partial charge in [-0.2, -0.15) is 0 Å². The Morgan fingerprint density at radius 3 is 2.50 bits per heavy atom. The first kappa shape index (κ1) is 12.9. The topological polar surface area (TPSA) is 49.8 Å². The lowest BCUT2D eigenvalue weighted by atomic mass is 9.97. The van der Waals surface area contributed by atoms with Gasteiger partial charge in [0.1, 0.15) is 0 Å². The number of nitrogens with zero attached hydrogens (tertiary/aromatic N) is 1. The van der Waals surface area contributed by atoms with Gasteiger partial charge in [-0.15, -0.1) is 0 Å². The predicted molar refractivity (Wildman–Crippen MR) is 70.1 cm³/mol. The standard InChI is InChI=1S/C14H19NO3/c1-11(10-14(16)17)12-2-4-13(5-3-12)15-6-8-18-9-7-15/h2-5,11H,6-10H2,1H3,(H,16,17). The second-order valence-corrected chi connectivity index (χ2v) is 4.69. The van der Waals surface area contributed by atoms with Crippen LogP contribution in [0.25, 0.3) is 0 Å². The maximum absolute atomic E-state index is 10.7. The van der Waals surface area contributed by atoms with Crippen molar-refractivity contribution in [2.75, 3.05) is 31.2 Å². The molecule has 1 aliphatic heterocycles. The largest absolute Gasteiger partial charge is 0.481 e. The quantitative estimate of drug-likeness (QED) is 0.887. The molecule has 0 aromatic heterocycles. The average molecular weight is 249 g/mol. The van der Waals surface area contributed by atoms with E-state index in [0.717, 1.165) is 31.9 Å². The highest BCUT2D eigenvalue weighted by molar-refractivity contribution is 5.68. The number of benzene rings is 1. The molecule has 1 unspecified atom stereocenters. The van der Waals surface area contributed by atoms with Crippen molar-refractivity contribution in [3.63, 3.8) is 0 Å². The van der Waals surface area contributed by atoms with E-state index in [0.29, 0.717) is 0 Å². The Morgan fingerprint density at radius 2 is 1.94 bits per heavy atom. The summed E-state index contributed by atoms with van der Waals surface area (Å²) in [4.78, 5) is 13.0. The smallest absolute Gasteiger partial charge is 0.303 e. The van der Waals surface area contributed by atoms with E-state index in [9.17, 15) is 4.79 Å². The highest BCUT2D eigenvalue weighted by atomic mass is 16.5. The molecule has 1 aromatic rings. The van der Waals surface area contributed by atoms with Gasteiger partial charge < -0.3 is 14.7 Å². The molecule has 0 amide bonds. The molecule has 1 saturated heterocycles. The van der Waals surface area contributed by atoms with Gasteiger partial charge in [0.25, 0.3) is 0 Å². The highest BCUT2D eigenvalue weighted by Gasteiger charge is 2.13. The van der Waals surface area contributed by atoms with Crippen molar-refractivity contribution in [3.05, 3.63) is 29.8 Å². The number of carboxylic acid groups (broad SMARTS) is 1. The van der Waals surface area contributed by atoms with Gasteiger partial charge in [0.2, 0.25) is 0 Å². The van der Waals surface area contributed by atoms with Gasteiger partial charge in [0.05, 0.1) is 19.6 Å². The molecule has 0 aliphatic carbocycles. The van der Waals surface area contributed by atoms with Gasteiger partial charge >= 0.3 is 5.97 Å². The zero-order valence-corrected chi connectivity index (χ0v) is 10.6. The van der Waals surface area contributed by atoms with Crippen LogP contribution in [0.3, 0.4) is 0 Å².